The van der Waals surface area contributed by atoms with Crippen LogP contribution < -0.4 is 0 Å². The van der Waals surface area contributed by atoms with Crippen molar-refractivity contribution in [2.45, 2.75) is 46.4 Å². The highest BCUT2D eigenvalue weighted by Crippen LogP contribution is 2.37. The van der Waals surface area contributed by atoms with E-state index in [0.29, 0.717) is 11.8 Å². The van der Waals surface area contributed by atoms with Crippen LogP contribution in [0.15, 0.2) is 35.9 Å². The van der Waals surface area contributed by atoms with Gasteiger partial charge in [-0.3, -0.25) is 0 Å². The molecule has 0 N–H and O–H groups in total. The number of alkyl halides is 1. The molecule has 94 valence electrons. The Kier molecular flexibility index (Phi) is 4.82. The van der Waals surface area contributed by atoms with E-state index in [9.17, 15) is 0 Å². The summed E-state index contributed by atoms with van der Waals surface area (Å²) in [6.07, 6.45) is 2.36. The Labute approximate surface area is 111 Å². The van der Waals surface area contributed by atoms with Gasteiger partial charge >= 0.3 is 0 Å². The van der Waals surface area contributed by atoms with Gasteiger partial charge in [0.05, 0.1) is 0 Å². The Hall–Kier alpha value is -0.750. The molecule has 1 rings (SSSR count). The lowest BCUT2D eigenvalue weighted by atomic mass is 9.75. The van der Waals surface area contributed by atoms with Crippen LogP contribution in [0.2, 0.25) is 0 Å². The van der Waals surface area contributed by atoms with Crippen LogP contribution in [0.4, 0.5) is 0 Å². The zero-order valence-electron chi connectivity index (χ0n) is 11.5. The number of benzene rings is 1. The molecule has 0 aliphatic carbocycles. The van der Waals surface area contributed by atoms with Gasteiger partial charge in [0.2, 0.25) is 0 Å². The van der Waals surface area contributed by atoms with Crippen molar-refractivity contribution >= 4 is 11.6 Å². The molecule has 0 bridgehead atoms. The number of hydrogen-bond acceptors (Lipinski definition) is 0. The first-order valence-corrected chi connectivity index (χ1v) is 6.68. The summed E-state index contributed by atoms with van der Waals surface area (Å²) in [5.74, 6) is 1.04. The van der Waals surface area contributed by atoms with E-state index in [2.05, 4.69) is 65.0 Å². The largest absolute Gasteiger partial charge is 0.122 e. The molecule has 1 aromatic rings. The summed E-state index contributed by atoms with van der Waals surface area (Å²) in [4.78, 5) is 0. The Morgan fingerprint density at radius 3 is 2.06 bits per heavy atom. The van der Waals surface area contributed by atoms with Gasteiger partial charge in [0.1, 0.15) is 0 Å². The van der Waals surface area contributed by atoms with Gasteiger partial charge in [-0.2, -0.15) is 0 Å². The lowest BCUT2D eigenvalue weighted by molar-refractivity contribution is 0.365. The van der Waals surface area contributed by atoms with Crippen molar-refractivity contribution in [3.63, 3.8) is 0 Å². The van der Waals surface area contributed by atoms with Gasteiger partial charge in [-0.25, -0.2) is 0 Å². The van der Waals surface area contributed by atoms with Gasteiger partial charge in [-0.1, -0.05) is 56.7 Å². The first-order chi connectivity index (χ1) is 7.84. The molecular weight excluding hydrogens is 228 g/mol. The fraction of sp³-hybridized carbons (Fsp3) is 0.500. The number of hydrogen-bond donors (Lipinski definition) is 0. The molecule has 17 heavy (non-hydrogen) atoms. The molecule has 0 amide bonds. The normalized spacial score (nSPS) is 13.3. The lowest BCUT2D eigenvalue weighted by Crippen LogP contribution is -2.16. The molecule has 0 heterocycles. The maximum Gasteiger partial charge on any atom is 0.0474 e. The highest BCUT2D eigenvalue weighted by atomic mass is 35.5. The van der Waals surface area contributed by atoms with Gasteiger partial charge in [0.25, 0.3) is 0 Å². The molecule has 0 saturated heterocycles. The monoisotopic (exact) mass is 250 g/mol. The maximum absolute atomic E-state index is 5.82. The molecule has 0 fully saturated rings. The van der Waals surface area contributed by atoms with Crippen molar-refractivity contribution < 1.29 is 0 Å². The topological polar surface area (TPSA) is 0 Å². The lowest BCUT2D eigenvalue weighted by Gasteiger charge is -2.29. The van der Waals surface area contributed by atoms with Crippen LogP contribution in [0.1, 0.15) is 51.7 Å². The van der Waals surface area contributed by atoms with Crippen LogP contribution in [0, 0.1) is 5.41 Å². The molecule has 1 heteroatoms. The molecule has 0 aromatic heterocycles. The molecular formula is C16H23Cl. The van der Waals surface area contributed by atoms with Crippen LogP contribution >= 0.6 is 11.6 Å². The minimum Gasteiger partial charge on any atom is -0.122 e. The van der Waals surface area contributed by atoms with E-state index in [1.807, 2.05) is 0 Å². The summed E-state index contributed by atoms with van der Waals surface area (Å²) >= 11 is 5.82. The van der Waals surface area contributed by atoms with E-state index >= 15 is 0 Å². The highest BCUT2D eigenvalue weighted by Gasteiger charge is 2.23. The summed E-state index contributed by atoms with van der Waals surface area (Å²) < 4.78 is 0. The van der Waals surface area contributed by atoms with Gasteiger partial charge < -0.3 is 0 Å². The number of rotatable bonds is 3. The second kappa shape index (κ2) is 5.73. The van der Waals surface area contributed by atoms with E-state index in [1.54, 1.807) is 0 Å². The molecule has 0 nitrogen and oxygen atoms in total. The first-order valence-electron chi connectivity index (χ1n) is 6.14. The van der Waals surface area contributed by atoms with Crippen LogP contribution in [0.5, 0.6) is 0 Å². The van der Waals surface area contributed by atoms with Crippen molar-refractivity contribution in [2.75, 3.05) is 0 Å². The zero-order chi connectivity index (χ0) is 13.1. The van der Waals surface area contributed by atoms with E-state index in [1.165, 1.54) is 16.7 Å². The summed E-state index contributed by atoms with van der Waals surface area (Å²) in [5, 5.41) is 0. The fourth-order valence-electron chi connectivity index (χ4n) is 1.99. The van der Waals surface area contributed by atoms with E-state index in [-0.39, 0.29) is 5.41 Å². The summed E-state index contributed by atoms with van der Waals surface area (Å²) in [7, 11) is 0. The Balaban J connectivity index is 3.09. The SMILES string of the molecule is CC(C)=CC(c1ccc(CCl)cc1)C(C)(C)C. The van der Waals surface area contributed by atoms with Crippen LogP contribution in [0.3, 0.4) is 0 Å². The fourth-order valence-corrected chi connectivity index (χ4v) is 2.17. The molecule has 0 aliphatic rings. The summed E-state index contributed by atoms with van der Waals surface area (Å²) in [6, 6.07) is 8.65. The minimum absolute atomic E-state index is 0.236. The van der Waals surface area contributed by atoms with E-state index < -0.39 is 0 Å². The van der Waals surface area contributed by atoms with E-state index in [4.69, 9.17) is 11.6 Å². The number of allylic oxidation sites excluding steroid dienone is 2. The maximum atomic E-state index is 5.82. The molecule has 0 spiro atoms. The first kappa shape index (κ1) is 14.3. The van der Waals surface area contributed by atoms with Crippen LogP contribution in [-0.4, -0.2) is 0 Å². The van der Waals surface area contributed by atoms with Gasteiger partial charge in [-0.05, 0) is 30.4 Å². The van der Waals surface area contributed by atoms with Gasteiger partial charge in [0.15, 0.2) is 0 Å². The Morgan fingerprint density at radius 2 is 1.71 bits per heavy atom. The average Bonchev–Trinajstić information content (AvgIpc) is 2.24. The van der Waals surface area contributed by atoms with Gasteiger partial charge in [-0.15, -0.1) is 11.6 Å². The van der Waals surface area contributed by atoms with Crippen molar-refractivity contribution in [1.29, 1.82) is 0 Å². The summed E-state index contributed by atoms with van der Waals surface area (Å²) in [5.41, 5.74) is 4.15. The van der Waals surface area contributed by atoms with E-state index in [0.717, 1.165) is 0 Å². The van der Waals surface area contributed by atoms with Crippen molar-refractivity contribution in [3.05, 3.63) is 47.0 Å². The smallest absolute Gasteiger partial charge is 0.0474 e. The zero-order valence-corrected chi connectivity index (χ0v) is 12.3. The Morgan fingerprint density at radius 1 is 1.18 bits per heavy atom. The van der Waals surface area contributed by atoms with Gasteiger partial charge in [0, 0.05) is 11.8 Å². The third kappa shape index (κ3) is 4.20. The van der Waals surface area contributed by atoms with Crippen molar-refractivity contribution in [2.24, 2.45) is 5.41 Å². The third-order valence-electron chi connectivity index (χ3n) is 2.93. The highest BCUT2D eigenvalue weighted by molar-refractivity contribution is 6.17. The Bertz CT molecular complexity index is 375. The molecule has 0 radical (unpaired) electrons. The number of halogens is 1. The van der Waals surface area contributed by atoms with Crippen LogP contribution in [0.25, 0.3) is 0 Å². The molecule has 1 atom stereocenters. The summed E-state index contributed by atoms with van der Waals surface area (Å²) in [6.45, 7) is 11.2. The predicted molar refractivity (Wildman–Crippen MR) is 77.6 cm³/mol. The predicted octanol–water partition coefficient (Wildman–Crippen LogP) is 5.52. The standard InChI is InChI=1S/C16H23Cl/c1-12(2)10-15(16(3,4)5)14-8-6-13(11-17)7-9-14/h6-10,15H,11H2,1-5H3. The molecule has 0 saturated carbocycles. The second-order valence-corrected chi connectivity index (χ2v) is 6.23. The van der Waals surface area contributed by atoms with Crippen LogP contribution in [-0.2, 0) is 5.88 Å². The van der Waals surface area contributed by atoms with Crippen molar-refractivity contribution in [1.82, 2.24) is 0 Å². The minimum atomic E-state index is 0.236. The third-order valence-corrected chi connectivity index (χ3v) is 3.23. The second-order valence-electron chi connectivity index (χ2n) is 5.96. The molecule has 1 unspecified atom stereocenters. The van der Waals surface area contributed by atoms with Crippen molar-refractivity contribution in [3.8, 4) is 0 Å². The molecule has 0 aliphatic heterocycles. The average molecular weight is 251 g/mol. The molecule has 1 aromatic carbocycles. The quantitative estimate of drug-likeness (QED) is 0.489.